The summed E-state index contributed by atoms with van der Waals surface area (Å²) in [7, 11) is -3.67. The molecular formula is C9H10ClF2NO2S. The molecule has 0 amide bonds. The molecule has 1 aromatic carbocycles. The number of sulfonamides is 1. The second kappa shape index (κ2) is 5.07. The van der Waals surface area contributed by atoms with E-state index in [0.717, 1.165) is 18.2 Å². The summed E-state index contributed by atoms with van der Waals surface area (Å²) in [4.78, 5) is 0. The van der Waals surface area contributed by atoms with Crippen molar-refractivity contribution in [3.8, 4) is 0 Å². The molecule has 1 aromatic rings. The van der Waals surface area contributed by atoms with E-state index < -0.39 is 32.9 Å². The Labute approximate surface area is 97.5 Å². The van der Waals surface area contributed by atoms with Crippen molar-refractivity contribution in [2.75, 3.05) is 5.21 Å². The largest absolute Gasteiger partial charge is 0.226 e. The van der Waals surface area contributed by atoms with Crippen molar-refractivity contribution in [3.05, 3.63) is 35.4 Å². The monoisotopic (exact) mass is 269 g/mol. The number of benzene rings is 1. The van der Waals surface area contributed by atoms with Crippen LogP contribution in [0.25, 0.3) is 0 Å². The Morgan fingerprint density at radius 2 is 2.06 bits per heavy atom. The molecule has 90 valence electrons. The number of nitrogens with one attached hydrogen (secondary N) is 1. The van der Waals surface area contributed by atoms with E-state index >= 15 is 0 Å². The van der Waals surface area contributed by atoms with Crippen LogP contribution in [-0.2, 0) is 10.0 Å². The van der Waals surface area contributed by atoms with Crippen LogP contribution in [0.15, 0.2) is 18.2 Å². The third-order valence-corrected chi connectivity index (χ3v) is 3.79. The molecule has 0 aromatic heterocycles. The van der Waals surface area contributed by atoms with E-state index in [-0.39, 0.29) is 5.56 Å². The summed E-state index contributed by atoms with van der Waals surface area (Å²) in [5.74, 6) is -1.31. The van der Waals surface area contributed by atoms with Crippen LogP contribution in [0.4, 0.5) is 8.78 Å². The SMILES string of the molecule is CC(NS(=O)(=O)CCl)c1cc(F)ccc1F. The lowest BCUT2D eigenvalue weighted by Crippen LogP contribution is -2.28. The average molecular weight is 270 g/mol. The third-order valence-electron chi connectivity index (χ3n) is 1.92. The molecule has 0 radical (unpaired) electrons. The van der Waals surface area contributed by atoms with Gasteiger partial charge in [-0.15, -0.1) is 11.6 Å². The molecule has 1 atom stereocenters. The van der Waals surface area contributed by atoms with Crippen LogP contribution in [0.5, 0.6) is 0 Å². The van der Waals surface area contributed by atoms with Crippen molar-refractivity contribution >= 4 is 21.6 Å². The summed E-state index contributed by atoms with van der Waals surface area (Å²) < 4.78 is 50.5. The highest BCUT2D eigenvalue weighted by Crippen LogP contribution is 2.18. The second-order valence-corrected chi connectivity index (χ2v) is 5.57. The summed E-state index contributed by atoms with van der Waals surface area (Å²) in [5, 5.41) is -0.631. The zero-order valence-corrected chi connectivity index (χ0v) is 9.95. The lowest BCUT2D eigenvalue weighted by atomic mass is 10.1. The summed E-state index contributed by atoms with van der Waals surface area (Å²) in [6.07, 6.45) is 0. The summed E-state index contributed by atoms with van der Waals surface area (Å²) in [5.41, 5.74) is -0.0614. The first kappa shape index (κ1) is 13.3. The molecule has 0 aliphatic rings. The number of halogens is 3. The van der Waals surface area contributed by atoms with Crippen LogP contribution in [0.1, 0.15) is 18.5 Å². The molecule has 16 heavy (non-hydrogen) atoms. The molecule has 1 unspecified atom stereocenters. The average Bonchev–Trinajstić information content (AvgIpc) is 2.21. The van der Waals surface area contributed by atoms with Gasteiger partial charge in [0.1, 0.15) is 16.8 Å². The molecule has 0 heterocycles. The molecule has 1 N–H and O–H groups in total. The minimum absolute atomic E-state index is 0.0614. The van der Waals surface area contributed by atoms with Crippen molar-refractivity contribution in [2.45, 2.75) is 13.0 Å². The normalized spacial score (nSPS) is 13.8. The standard InChI is InChI=1S/C9H10ClF2NO2S/c1-6(13-16(14,15)5-10)8-4-7(11)2-3-9(8)12/h2-4,6,13H,5H2,1H3. The van der Waals surface area contributed by atoms with Gasteiger partial charge in [0.2, 0.25) is 10.0 Å². The van der Waals surface area contributed by atoms with Gasteiger partial charge in [-0.2, -0.15) is 0 Å². The molecular weight excluding hydrogens is 260 g/mol. The van der Waals surface area contributed by atoms with E-state index in [2.05, 4.69) is 4.72 Å². The number of hydrogen-bond acceptors (Lipinski definition) is 2. The number of hydrogen-bond donors (Lipinski definition) is 1. The predicted molar refractivity (Wildman–Crippen MR) is 57.5 cm³/mol. The van der Waals surface area contributed by atoms with Gasteiger partial charge in [0.25, 0.3) is 0 Å². The van der Waals surface area contributed by atoms with E-state index in [1.807, 2.05) is 0 Å². The van der Waals surface area contributed by atoms with Crippen LogP contribution in [0.3, 0.4) is 0 Å². The van der Waals surface area contributed by atoms with Gasteiger partial charge in [-0.25, -0.2) is 21.9 Å². The van der Waals surface area contributed by atoms with Crippen molar-refractivity contribution in [1.82, 2.24) is 4.72 Å². The fraction of sp³-hybridized carbons (Fsp3) is 0.333. The van der Waals surface area contributed by atoms with Crippen molar-refractivity contribution < 1.29 is 17.2 Å². The zero-order chi connectivity index (χ0) is 12.3. The molecule has 7 heteroatoms. The minimum atomic E-state index is -3.67. The molecule has 1 rings (SSSR count). The van der Waals surface area contributed by atoms with Gasteiger partial charge in [0.15, 0.2) is 0 Å². The van der Waals surface area contributed by atoms with Crippen LogP contribution in [0.2, 0.25) is 0 Å². The quantitative estimate of drug-likeness (QED) is 0.852. The summed E-state index contributed by atoms with van der Waals surface area (Å²) >= 11 is 5.18. The molecule has 0 aliphatic carbocycles. The van der Waals surface area contributed by atoms with Gasteiger partial charge in [-0.05, 0) is 25.1 Å². The second-order valence-electron chi connectivity index (χ2n) is 3.23. The highest BCUT2D eigenvalue weighted by Gasteiger charge is 2.17. The topological polar surface area (TPSA) is 46.2 Å². The molecule has 0 saturated carbocycles. The van der Waals surface area contributed by atoms with Gasteiger partial charge < -0.3 is 0 Å². The van der Waals surface area contributed by atoms with Gasteiger partial charge in [0.05, 0.1) is 0 Å². The van der Waals surface area contributed by atoms with E-state index in [1.54, 1.807) is 0 Å². The first-order valence-electron chi connectivity index (χ1n) is 4.36. The Hall–Kier alpha value is -0.720. The summed E-state index contributed by atoms with van der Waals surface area (Å²) in [6.45, 7) is 1.40. The zero-order valence-electron chi connectivity index (χ0n) is 8.38. The maximum atomic E-state index is 13.3. The highest BCUT2D eigenvalue weighted by molar-refractivity contribution is 7.90. The van der Waals surface area contributed by atoms with Crippen LogP contribution < -0.4 is 4.72 Å². The summed E-state index contributed by atoms with van der Waals surface area (Å²) in [6, 6.07) is 1.97. The van der Waals surface area contributed by atoms with Crippen LogP contribution in [-0.4, -0.2) is 13.6 Å². The molecule has 0 saturated heterocycles. The molecule has 0 fully saturated rings. The van der Waals surface area contributed by atoms with Gasteiger partial charge in [0, 0.05) is 11.6 Å². The third kappa shape index (κ3) is 3.40. The van der Waals surface area contributed by atoms with E-state index in [9.17, 15) is 17.2 Å². The Morgan fingerprint density at radius 3 is 2.62 bits per heavy atom. The maximum absolute atomic E-state index is 13.3. The molecule has 0 spiro atoms. The van der Waals surface area contributed by atoms with Crippen molar-refractivity contribution in [1.29, 1.82) is 0 Å². The molecule has 0 aliphatic heterocycles. The van der Waals surface area contributed by atoms with Crippen molar-refractivity contribution in [3.63, 3.8) is 0 Å². The predicted octanol–water partition coefficient (Wildman–Crippen LogP) is 2.14. The molecule has 0 bridgehead atoms. The van der Waals surface area contributed by atoms with Gasteiger partial charge in [-0.3, -0.25) is 0 Å². The fourth-order valence-electron chi connectivity index (χ4n) is 1.21. The number of rotatable bonds is 4. The minimum Gasteiger partial charge on any atom is -0.211 e. The lowest BCUT2D eigenvalue weighted by molar-refractivity contribution is 0.544. The molecule has 3 nitrogen and oxygen atoms in total. The smallest absolute Gasteiger partial charge is 0.211 e. The Balaban J connectivity index is 2.97. The van der Waals surface area contributed by atoms with E-state index in [0.29, 0.717) is 0 Å². The van der Waals surface area contributed by atoms with Gasteiger partial charge >= 0.3 is 0 Å². The van der Waals surface area contributed by atoms with Crippen LogP contribution in [0, 0.1) is 11.6 Å². The lowest BCUT2D eigenvalue weighted by Gasteiger charge is -2.14. The maximum Gasteiger partial charge on any atom is 0.226 e. The number of alkyl halides is 1. The Bertz CT molecular complexity index is 478. The first-order valence-corrected chi connectivity index (χ1v) is 6.55. The van der Waals surface area contributed by atoms with Gasteiger partial charge in [-0.1, -0.05) is 0 Å². The Morgan fingerprint density at radius 1 is 1.44 bits per heavy atom. The van der Waals surface area contributed by atoms with E-state index in [1.165, 1.54) is 6.92 Å². The highest BCUT2D eigenvalue weighted by atomic mass is 35.5. The Kier molecular flexibility index (Phi) is 4.23. The fourth-order valence-corrected chi connectivity index (χ4v) is 2.13. The first-order chi connectivity index (χ1) is 7.35. The van der Waals surface area contributed by atoms with E-state index in [4.69, 9.17) is 11.6 Å². The van der Waals surface area contributed by atoms with Crippen LogP contribution >= 0.6 is 11.6 Å². The van der Waals surface area contributed by atoms with Crippen molar-refractivity contribution in [2.24, 2.45) is 0 Å².